The van der Waals surface area contributed by atoms with E-state index in [4.69, 9.17) is 0 Å². The Morgan fingerprint density at radius 3 is 2.30 bits per heavy atom. The van der Waals surface area contributed by atoms with Crippen LogP contribution in [0.2, 0.25) is 0 Å². The number of nitrogens with zero attached hydrogens (tertiary/aromatic N) is 2. The first-order valence-electron chi connectivity index (χ1n) is 8.67. The number of rotatable bonds is 5. The maximum absolute atomic E-state index is 12.8. The van der Waals surface area contributed by atoms with Gasteiger partial charge in [0.1, 0.15) is 0 Å². The van der Waals surface area contributed by atoms with E-state index in [9.17, 15) is 22.8 Å². The molecule has 3 aromatic rings. The van der Waals surface area contributed by atoms with Gasteiger partial charge in [0.2, 0.25) is 0 Å². The second-order valence-electron chi connectivity index (χ2n) is 6.41. The van der Waals surface area contributed by atoms with Crippen molar-refractivity contribution in [1.82, 2.24) is 9.88 Å². The summed E-state index contributed by atoms with van der Waals surface area (Å²) in [6.45, 7) is 0.180. The molecule has 5 nitrogen and oxygen atoms in total. The maximum atomic E-state index is 12.8. The summed E-state index contributed by atoms with van der Waals surface area (Å²) in [5.74, 6) is -0.661. The number of anilines is 2. The molecule has 10 heteroatoms. The molecule has 1 N–H and O–H groups in total. The predicted octanol–water partition coefficient (Wildman–Crippen LogP) is 5.32. The van der Waals surface area contributed by atoms with Gasteiger partial charge >= 0.3 is 6.18 Å². The smallest absolute Gasteiger partial charge is 0.332 e. The molecule has 0 saturated carbocycles. The normalized spacial score (nSPS) is 13.2. The molecule has 2 heterocycles. The Morgan fingerprint density at radius 1 is 1.00 bits per heavy atom. The first-order chi connectivity index (χ1) is 13.8. The number of benzene rings is 2. The Labute approximate surface area is 184 Å². The second kappa shape index (κ2) is 8.57. The zero-order chi connectivity index (χ0) is 20.6. The van der Waals surface area contributed by atoms with Gasteiger partial charge in [-0.05, 0) is 30.3 Å². The monoisotopic (exact) mass is 497 g/mol. The van der Waals surface area contributed by atoms with Crippen LogP contribution in [0.25, 0.3) is 0 Å². The quantitative estimate of drug-likeness (QED) is 0.484. The summed E-state index contributed by atoms with van der Waals surface area (Å²) in [6.07, 6.45) is -4.07. The summed E-state index contributed by atoms with van der Waals surface area (Å²) in [5, 5.41) is 5.03. The van der Waals surface area contributed by atoms with Gasteiger partial charge in [-0.15, -0.1) is 28.3 Å². The van der Waals surface area contributed by atoms with Crippen LogP contribution in [0.4, 0.5) is 24.0 Å². The highest BCUT2D eigenvalue weighted by Crippen LogP contribution is 2.32. The number of nitrogens with one attached hydrogen (secondary N) is 1. The van der Waals surface area contributed by atoms with Gasteiger partial charge in [0.15, 0.2) is 5.13 Å². The third-order valence-electron chi connectivity index (χ3n) is 4.46. The molecule has 156 valence electrons. The van der Waals surface area contributed by atoms with Crippen LogP contribution in [-0.4, -0.2) is 28.2 Å². The molecule has 1 aliphatic heterocycles. The third-order valence-corrected chi connectivity index (χ3v) is 5.27. The van der Waals surface area contributed by atoms with E-state index in [2.05, 4.69) is 10.3 Å². The van der Waals surface area contributed by atoms with Crippen LogP contribution in [0.3, 0.4) is 0 Å². The molecule has 2 amide bonds. The van der Waals surface area contributed by atoms with Crippen LogP contribution in [0.5, 0.6) is 0 Å². The summed E-state index contributed by atoms with van der Waals surface area (Å²) in [6, 6.07) is 11.5. The lowest BCUT2D eigenvalue weighted by atomic mass is 10.1. The van der Waals surface area contributed by atoms with Crippen LogP contribution in [0.15, 0.2) is 53.9 Å². The van der Waals surface area contributed by atoms with E-state index in [-0.39, 0.29) is 41.0 Å². The molecule has 1 aliphatic rings. The van der Waals surface area contributed by atoms with Crippen LogP contribution >= 0.6 is 28.3 Å². The Kier molecular flexibility index (Phi) is 6.27. The summed E-state index contributed by atoms with van der Waals surface area (Å²) < 4.78 is 38.5. The molecule has 0 fully saturated rings. The summed E-state index contributed by atoms with van der Waals surface area (Å²) >= 11 is 1.24. The number of amides is 2. The summed E-state index contributed by atoms with van der Waals surface area (Å²) in [7, 11) is 0. The van der Waals surface area contributed by atoms with Crippen molar-refractivity contribution in [2.24, 2.45) is 0 Å². The molecule has 1 aromatic heterocycles. The van der Waals surface area contributed by atoms with Gasteiger partial charge in [0.25, 0.3) is 11.8 Å². The summed E-state index contributed by atoms with van der Waals surface area (Å²) in [5.41, 5.74) is 0.956. The zero-order valence-electron chi connectivity index (χ0n) is 15.3. The minimum absolute atomic E-state index is 0. The lowest BCUT2D eigenvalue weighted by molar-refractivity contribution is -0.137. The van der Waals surface area contributed by atoms with Gasteiger partial charge in [-0.2, -0.15) is 13.2 Å². The fourth-order valence-corrected chi connectivity index (χ4v) is 3.81. The van der Waals surface area contributed by atoms with E-state index in [1.807, 2.05) is 0 Å². The predicted molar refractivity (Wildman–Crippen MR) is 113 cm³/mol. The number of hydrogen-bond donors (Lipinski definition) is 1. The number of hydrogen-bond acceptors (Lipinski definition) is 5. The second-order valence-corrected chi connectivity index (χ2v) is 7.26. The number of halogens is 4. The lowest BCUT2D eigenvalue weighted by Gasteiger charge is -2.12. The van der Waals surface area contributed by atoms with Crippen molar-refractivity contribution >= 4 is 51.0 Å². The molecule has 0 atom stereocenters. The maximum Gasteiger partial charge on any atom is 0.416 e. The molecule has 4 rings (SSSR count). The number of carbonyl (C=O) groups excluding carboxylic acids is 2. The van der Waals surface area contributed by atoms with Crippen LogP contribution in [0.1, 0.15) is 32.0 Å². The van der Waals surface area contributed by atoms with Gasteiger partial charge in [-0.1, -0.05) is 18.2 Å². The first kappa shape index (κ1) is 22.0. The first-order valence-corrected chi connectivity index (χ1v) is 9.55. The lowest BCUT2D eigenvalue weighted by Crippen LogP contribution is -2.31. The van der Waals surface area contributed by atoms with E-state index in [0.717, 1.165) is 12.1 Å². The number of imide groups is 1. The topological polar surface area (TPSA) is 62.3 Å². The van der Waals surface area contributed by atoms with Crippen LogP contribution in [-0.2, 0) is 12.6 Å². The highest BCUT2D eigenvalue weighted by molar-refractivity contribution is 8.93. The molecule has 0 saturated heterocycles. The molecule has 0 unspecified atom stereocenters. The molecule has 0 bridgehead atoms. The highest BCUT2D eigenvalue weighted by atomic mass is 79.9. The van der Waals surface area contributed by atoms with Gasteiger partial charge in [0.05, 0.1) is 22.4 Å². The number of fused-ring (bicyclic) bond motifs is 1. The average molecular weight is 498 g/mol. The van der Waals surface area contributed by atoms with E-state index in [0.29, 0.717) is 28.4 Å². The van der Waals surface area contributed by atoms with Crippen molar-refractivity contribution < 1.29 is 22.8 Å². The molecule has 0 radical (unpaired) electrons. The van der Waals surface area contributed by atoms with Crippen LogP contribution < -0.4 is 5.32 Å². The van der Waals surface area contributed by atoms with E-state index in [1.54, 1.807) is 29.6 Å². The highest BCUT2D eigenvalue weighted by Gasteiger charge is 2.34. The molecule has 0 aliphatic carbocycles. The number of aromatic nitrogens is 1. The summed E-state index contributed by atoms with van der Waals surface area (Å²) in [4.78, 5) is 30.3. The van der Waals surface area contributed by atoms with Crippen molar-refractivity contribution in [3.8, 4) is 0 Å². The fourth-order valence-electron chi connectivity index (χ4n) is 3.04. The van der Waals surface area contributed by atoms with Crippen molar-refractivity contribution in [1.29, 1.82) is 0 Å². The third kappa shape index (κ3) is 4.39. The van der Waals surface area contributed by atoms with Crippen molar-refractivity contribution in [3.63, 3.8) is 0 Å². The van der Waals surface area contributed by atoms with Gasteiger partial charge < -0.3 is 5.32 Å². The van der Waals surface area contributed by atoms with Crippen LogP contribution in [0, 0.1) is 0 Å². The number of alkyl halides is 3. The van der Waals surface area contributed by atoms with Crippen molar-refractivity contribution in [3.05, 3.63) is 76.3 Å². The van der Waals surface area contributed by atoms with E-state index in [1.165, 1.54) is 28.4 Å². The molecular weight excluding hydrogens is 483 g/mol. The minimum Gasteiger partial charge on any atom is -0.332 e. The largest absolute Gasteiger partial charge is 0.416 e. The fraction of sp³-hybridized carbons (Fsp3) is 0.150. The Hall–Kier alpha value is -2.72. The Morgan fingerprint density at radius 2 is 1.67 bits per heavy atom. The number of carbonyl (C=O) groups is 2. The molecule has 2 aromatic carbocycles. The Balaban J connectivity index is 0.00000256. The Bertz CT molecular complexity index is 1070. The van der Waals surface area contributed by atoms with Gasteiger partial charge in [-0.3, -0.25) is 14.5 Å². The SMILES string of the molecule is Br.O=C1c2ccccc2C(=O)N1CCc1csc(Nc2cccc(C(F)(F)F)c2)n1. The van der Waals surface area contributed by atoms with Gasteiger partial charge in [-0.25, -0.2) is 4.98 Å². The minimum atomic E-state index is -4.42. The molecule has 30 heavy (non-hydrogen) atoms. The van der Waals surface area contributed by atoms with Crippen molar-refractivity contribution in [2.75, 3.05) is 11.9 Å². The van der Waals surface area contributed by atoms with Crippen molar-refractivity contribution in [2.45, 2.75) is 12.6 Å². The zero-order valence-corrected chi connectivity index (χ0v) is 17.8. The molecule has 0 spiro atoms. The average Bonchev–Trinajstić information content (AvgIpc) is 3.23. The van der Waals surface area contributed by atoms with Gasteiger partial charge in [0, 0.05) is 24.0 Å². The van der Waals surface area contributed by atoms with E-state index >= 15 is 0 Å². The number of thiazole rings is 1. The van der Waals surface area contributed by atoms with E-state index < -0.39 is 11.7 Å². The molecular formula is C20H15BrF3N3O2S. The standard InChI is InChI=1S/C20H14F3N3O2S.BrH/c21-20(22,23)12-4-3-5-13(10-12)24-19-25-14(11-29-19)8-9-26-17(27)15-6-1-2-7-16(15)18(26)28;/h1-7,10-11H,8-9H2,(H,24,25);1H.